The van der Waals surface area contributed by atoms with E-state index < -0.39 is 5.82 Å². The minimum atomic E-state index is -0.594. The van der Waals surface area contributed by atoms with Crippen LogP contribution in [0.15, 0.2) is 48.9 Å². The molecule has 0 spiro atoms. The monoisotopic (exact) mass is 514 g/mol. The van der Waals surface area contributed by atoms with Gasteiger partial charge in [0.1, 0.15) is 23.9 Å². The molecule has 6 rings (SSSR count). The van der Waals surface area contributed by atoms with Crippen LogP contribution in [0.2, 0.25) is 0 Å². The fourth-order valence-electron chi connectivity index (χ4n) is 4.50. The molecule has 1 aromatic carbocycles. The van der Waals surface area contributed by atoms with Gasteiger partial charge in [0.05, 0.1) is 17.7 Å². The molecule has 1 aliphatic heterocycles. The van der Waals surface area contributed by atoms with E-state index in [4.69, 9.17) is 4.74 Å². The number of hydrogen-bond donors (Lipinski definition) is 3. The second-order valence-corrected chi connectivity index (χ2v) is 8.88. The van der Waals surface area contributed by atoms with Crippen molar-refractivity contribution in [3.05, 3.63) is 77.4 Å². The predicted octanol–water partition coefficient (Wildman–Crippen LogP) is 3.16. The number of aromatic nitrogens is 6. The van der Waals surface area contributed by atoms with Crippen LogP contribution >= 0.6 is 0 Å². The van der Waals surface area contributed by atoms with Gasteiger partial charge in [-0.25, -0.2) is 14.4 Å². The Labute approximate surface area is 215 Å². The zero-order valence-electron chi connectivity index (χ0n) is 20.6. The van der Waals surface area contributed by atoms with Crippen molar-refractivity contribution in [2.75, 3.05) is 19.0 Å². The van der Waals surface area contributed by atoms with E-state index in [9.17, 15) is 9.59 Å². The number of hydrogen-bond acceptors (Lipinski definition) is 7. The Morgan fingerprint density at radius 1 is 1.21 bits per heavy atom. The van der Waals surface area contributed by atoms with Crippen molar-refractivity contribution in [2.45, 2.75) is 13.2 Å². The number of H-pyrrole nitrogens is 1. The van der Waals surface area contributed by atoms with Gasteiger partial charge in [0, 0.05) is 67.5 Å². The van der Waals surface area contributed by atoms with Gasteiger partial charge in [-0.2, -0.15) is 5.10 Å². The second kappa shape index (κ2) is 9.23. The lowest BCUT2D eigenvalue weighted by Crippen LogP contribution is -2.18. The lowest BCUT2D eigenvalue weighted by molar-refractivity contribution is 0.0816. The highest BCUT2D eigenvalue weighted by molar-refractivity contribution is 6.10. The van der Waals surface area contributed by atoms with Crippen LogP contribution in [0.4, 0.5) is 16.0 Å². The maximum absolute atomic E-state index is 15.4. The van der Waals surface area contributed by atoms with Crippen molar-refractivity contribution in [1.29, 1.82) is 0 Å². The largest absolute Gasteiger partial charge is 0.372 e. The summed E-state index contributed by atoms with van der Waals surface area (Å²) in [6.07, 6.45) is 4.91. The van der Waals surface area contributed by atoms with Crippen LogP contribution in [0.1, 0.15) is 32.2 Å². The number of imidazole rings is 1. The third-order valence-electron chi connectivity index (χ3n) is 6.42. The van der Waals surface area contributed by atoms with Crippen LogP contribution in [0.3, 0.4) is 0 Å². The number of anilines is 2. The molecule has 3 N–H and O–H groups in total. The zero-order valence-corrected chi connectivity index (χ0v) is 20.6. The van der Waals surface area contributed by atoms with Gasteiger partial charge in [-0.1, -0.05) is 6.07 Å². The molecule has 11 nitrogen and oxygen atoms in total. The van der Waals surface area contributed by atoms with Crippen molar-refractivity contribution >= 4 is 34.2 Å². The Morgan fingerprint density at radius 3 is 2.82 bits per heavy atom. The number of pyridine rings is 1. The van der Waals surface area contributed by atoms with Crippen molar-refractivity contribution < 1.29 is 18.7 Å². The third-order valence-corrected chi connectivity index (χ3v) is 6.42. The highest BCUT2D eigenvalue weighted by Crippen LogP contribution is 2.33. The molecule has 38 heavy (non-hydrogen) atoms. The molecule has 0 radical (unpaired) electrons. The van der Waals surface area contributed by atoms with Crippen LogP contribution in [-0.4, -0.2) is 54.6 Å². The number of carbonyl (C=O) groups excluding carboxylic acids is 2. The molecule has 0 bridgehead atoms. The minimum absolute atomic E-state index is 0.184. The van der Waals surface area contributed by atoms with E-state index in [-0.39, 0.29) is 28.5 Å². The number of rotatable bonds is 6. The van der Waals surface area contributed by atoms with Gasteiger partial charge >= 0.3 is 0 Å². The molecule has 0 fully saturated rings. The van der Waals surface area contributed by atoms with E-state index in [0.29, 0.717) is 59.4 Å². The van der Waals surface area contributed by atoms with Gasteiger partial charge in [-0.05, 0) is 18.2 Å². The Morgan fingerprint density at radius 2 is 2.08 bits per heavy atom. The first-order valence-electron chi connectivity index (χ1n) is 11.9. The number of nitrogens with zero attached hydrogens (tertiary/aromatic N) is 5. The van der Waals surface area contributed by atoms with Crippen LogP contribution < -0.4 is 10.6 Å². The molecule has 192 valence electrons. The van der Waals surface area contributed by atoms with Gasteiger partial charge in [0.15, 0.2) is 11.6 Å². The summed E-state index contributed by atoms with van der Waals surface area (Å²) in [6, 6.07) is 7.76. The molecule has 0 saturated carbocycles. The summed E-state index contributed by atoms with van der Waals surface area (Å²) >= 11 is 0. The summed E-state index contributed by atoms with van der Waals surface area (Å²) < 4.78 is 24.3. The number of ether oxygens (including phenoxy) is 1. The fraction of sp³-hybridized carbons (Fsp3) is 0.192. The van der Waals surface area contributed by atoms with Crippen molar-refractivity contribution in [2.24, 2.45) is 7.05 Å². The van der Waals surface area contributed by atoms with Gasteiger partial charge in [-0.3, -0.25) is 14.3 Å². The van der Waals surface area contributed by atoms with Gasteiger partial charge in [0.2, 0.25) is 5.78 Å². The maximum Gasteiger partial charge on any atom is 0.253 e. The molecule has 5 aromatic rings. The van der Waals surface area contributed by atoms with E-state index in [1.165, 1.54) is 25.4 Å². The third kappa shape index (κ3) is 4.10. The number of benzene rings is 1. The highest BCUT2D eigenvalue weighted by atomic mass is 19.1. The molecule has 0 unspecified atom stereocenters. The molecule has 1 amide bonds. The van der Waals surface area contributed by atoms with Crippen LogP contribution in [0.5, 0.6) is 0 Å². The van der Waals surface area contributed by atoms with E-state index in [1.807, 2.05) is 4.57 Å². The second-order valence-electron chi connectivity index (χ2n) is 8.88. The van der Waals surface area contributed by atoms with Gasteiger partial charge in [0.25, 0.3) is 5.91 Å². The first-order valence-corrected chi connectivity index (χ1v) is 11.9. The SMILES string of the molecule is CNC(=O)c1cnc(Nc2ccn(C)n2)c2[nH]c(-c3ccc(C(=O)c4cn5c(n4)COCC5)cc3F)cc12. The average Bonchev–Trinajstić information content (AvgIpc) is 3.66. The van der Waals surface area contributed by atoms with Gasteiger partial charge < -0.3 is 24.9 Å². The number of ketones is 1. The minimum Gasteiger partial charge on any atom is -0.372 e. The fourth-order valence-corrected chi connectivity index (χ4v) is 4.50. The number of amides is 1. The summed E-state index contributed by atoms with van der Waals surface area (Å²) in [6.45, 7) is 1.51. The Balaban J connectivity index is 1.37. The first kappa shape index (κ1) is 23.6. The highest BCUT2D eigenvalue weighted by Gasteiger charge is 2.21. The summed E-state index contributed by atoms with van der Waals surface area (Å²) in [7, 11) is 3.32. The van der Waals surface area contributed by atoms with E-state index in [2.05, 4.69) is 30.7 Å². The van der Waals surface area contributed by atoms with Crippen LogP contribution in [0, 0.1) is 5.82 Å². The van der Waals surface area contributed by atoms with Crippen LogP contribution in [0.25, 0.3) is 22.2 Å². The van der Waals surface area contributed by atoms with Crippen molar-refractivity contribution in [3.8, 4) is 11.3 Å². The Kier molecular flexibility index (Phi) is 5.72. The predicted molar refractivity (Wildman–Crippen MR) is 137 cm³/mol. The average molecular weight is 515 g/mol. The number of aromatic amines is 1. The first-order chi connectivity index (χ1) is 18.4. The molecular weight excluding hydrogens is 491 g/mol. The molecule has 0 aliphatic carbocycles. The molecule has 0 saturated heterocycles. The maximum atomic E-state index is 15.4. The molecule has 0 atom stereocenters. The van der Waals surface area contributed by atoms with E-state index >= 15 is 4.39 Å². The standard InChI is InChI=1S/C26H23FN8O3/c1-28-26(37)17-11-29-25(32-21-5-6-34(2)33-21)23-16(17)10-19(31-23)15-4-3-14(9-18(15)27)24(36)20-12-35-7-8-38-13-22(35)30-20/h3-6,9-12,31H,7-8,13H2,1-2H3,(H,28,37)(H,29,32,33). The summed E-state index contributed by atoms with van der Waals surface area (Å²) in [5.74, 6) is 0.368. The van der Waals surface area contributed by atoms with Crippen LogP contribution in [-0.2, 0) is 24.9 Å². The Bertz CT molecular complexity index is 1690. The zero-order chi connectivity index (χ0) is 26.4. The normalized spacial score (nSPS) is 12.9. The van der Waals surface area contributed by atoms with E-state index in [0.717, 1.165) is 0 Å². The lowest BCUT2D eigenvalue weighted by Gasteiger charge is -2.13. The molecule has 5 heterocycles. The van der Waals surface area contributed by atoms with Gasteiger partial charge in [-0.15, -0.1) is 0 Å². The smallest absolute Gasteiger partial charge is 0.253 e. The number of nitrogens with one attached hydrogen (secondary N) is 3. The number of carbonyl (C=O) groups is 2. The molecule has 1 aliphatic rings. The molecule has 4 aromatic heterocycles. The topological polar surface area (TPSA) is 132 Å². The van der Waals surface area contributed by atoms with Crippen molar-refractivity contribution in [3.63, 3.8) is 0 Å². The number of halogens is 1. The molecular formula is C26H23FN8O3. The summed E-state index contributed by atoms with van der Waals surface area (Å²) in [5.41, 5.74) is 1.93. The quantitative estimate of drug-likeness (QED) is 0.297. The van der Waals surface area contributed by atoms with E-state index in [1.54, 1.807) is 42.3 Å². The Hall–Kier alpha value is -4.84. The van der Waals surface area contributed by atoms with Crippen molar-refractivity contribution in [1.82, 2.24) is 34.6 Å². The lowest BCUT2D eigenvalue weighted by atomic mass is 10.0. The molecule has 12 heteroatoms. The summed E-state index contributed by atoms with van der Waals surface area (Å²) in [4.78, 5) is 37.5. The summed E-state index contributed by atoms with van der Waals surface area (Å²) in [5, 5.41) is 10.6. The number of aryl methyl sites for hydroxylation is 1. The number of fused-ring (bicyclic) bond motifs is 2.